The lowest BCUT2D eigenvalue weighted by atomic mass is 10.2. The second kappa shape index (κ2) is 3.37. The molecule has 0 bridgehead atoms. The van der Waals surface area contributed by atoms with Crippen LogP contribution in [0, 0.1) is 0 Å². The molecule has 0 aliphatic heterocycles. The topological polar surface area (TPSA) is 22.0 Å². The van der Waals surface area contributed by atoms with Crippen LogP contribution in [-0.4, -0.2) is 10.4 Å². The molecule has 2 nitrogen and oxygen atoms in total. The third-order valence-electron chi connectivity index (χ3n) is 1.64. The first-order valence-electron chi connectivity index (χ1n) is 3.90. The molecule has 2 heteroatoms. The van der Waals surface area contributed by atoms with Gasteiger partial charge in [-0.3, -0.25) is 4.79 Å². The number of aryl methyl sites for hydroxylation is 1. The summed E-state index contributed by atoms with van der Waals surface area (Å²) in [7, 11) is 0. The second-order valence-corrected chi connectivity index (χ2v) is 2.69. The molecule has 0 saturated carbocycles. The van der Waals surface area contributed by atoms with Crippen LogP contribution < -0.4 is 0 Å². The van der Waals surface area contributed by atoms with Crippen molar-refractivity contribution in [3.63, 3.8) is 0 Å². The molecule has 0 N–H and O–H groups in total. The Kier molecular flexibility index (Phi) is 2.47. The van der Waals surface area contributed by atoms with Crippen LogP contribution in [0.1, 0.15) is 30.6 Å². The molecule has 0 saturated heterocycles. The number of Topliss-reactive ketones (excluding diaryl/α,β-unsaturated/α-hetero) is 1. The summed E-state index contributed by atoms with van der Waals surface area (Å²) in [4.78, 5) is 10.8. The normalized spacial score (nSPS) is 10.0. The van der Waals surface area contributed by atoms with Crippen molar-refractivity contribution in [1.29, 1.82) is 0 Å². The monoisotopic (exact) mass is 151 g/mol. The van der Waals surface area contributed by atoms with Crippen molar-refractivity contribution in [2.24, 2.45) is 0 Å². The molecule has 0 aliphatic carbocycles. The lowest BCUT2D eigenvalue weighted by molar-refractivity contribution is 0.101. The molecule has 0 aromatic carbocycles. The molecule has 0 atom stereocenters. The Morgan fingerprint density at radius 3 is 2.82 bits per heavy atom. The van der Waals surface area contributed by atoms with Gasteiger partial charge < -0.3 is 4.57 Å². The summed E-state index contributed by atoms with van der Waals surface area (Å²) in [5.41, 5.74) is 0.804. The lowest BCUT2D eigenvalue weighted by Crippen LogP contribution is -1.93. The van der Waals surface area contributed by atoms with E-state index in [-0.39, 0.29) is 5.78 Å². The zero-order valence-electron chi connectivity index (χ0n) is 7.00. The van der Waals surface area contributed by atoms with Crippen molar-refractivity contribution in [3.05, 3.63) is 24.0 Å². The van der Waals surface area contributed by atoms with E-state index in [9.17, 15) is 4.79 Å². The van der Waals surface area contributed by atoms with Gasteiger partial charge in [0.05, 0.1) is 0 Å². The van der Waals surface area contributed by atoms with E-state index in [1.165, 1.54) is 0 Å². The van der Waals surface area contributed by atoms with Crippen LogP contribution in [0.15, 0.2) is 18.5 Å². The highest BCUT2D eigenvalue weighted by Crippen LogP contribution is 2.02. The van der Waals surface area contributed by atoms with Crippen molar-refractivity contribution in [1.82, 2.24) is 4.57 Å². The van der Waals surface area contributed by atoms with Gasteiger partial charge in [0.1, 0.15) is 0 Å². The zero-order chi connectivity index (χ0) is 8.27. The Morgan fingerprint density at radius 2 is 2.36 bits per heavy atom. The van der Waals surface area contributed by atoms with Gasteiger partial charge in [0.2, 0.25) is 0 Å². The van der Waals surface area contributed by atoms with Gasteiger partial charge in [0, 0.05) is 24.5 Å². The van der Waals surface area contributed by atoms with Crippen LogP contribution in [0.2, 0.25) is 0 Å². The van der Waals surface area contributed by atoms with E-state index in [1.54, 1.807) is 6.92 Å². The van der Waals surface area contributed by atoms with Crippen LogP contribution in [0.3, 0.4) is 0 Å². The average Bonchev–Trinajstić information content (AvgIpc) is 2.37. The van der Waals surface area contributed by atoms with E-state index < -0.39 is 0 Å². The molecule has 11 heavy (non-hydrogen) atoms. The first-order valence-corrected chi connectivity index (χ1v) is 3.90. The van der Waals surface area contributed by atoms with Crippen molar-refractivity contribution in [2.45, 2.75) is 26.8 Å². The van der Waals surface area contributed by atoms with Crippen LogP contribution in [0.4, 0.5) is 0 Å². The lowest BCUT2D eigenvalue weighted by Gasteiger charge is -1.96. The number of hydrogen-bond donors (Lipinski definition) is 0. The van der Waals surface area contributed by atoms with Crippen LogP contribution in [0.5, 0.6) is 0 Å². The number of carbonyl (C=O) groups excluding carboxylic acids is 1. The average molecular weight is 151 g/mol. The number of ketones is 1. The third kappa shape index (κ3) is 1.93. The van der Waals surface area contributed by atoms with Crippen LogP contribution in [0.25, 0.3) is 0 Å². The SMILES string of the molecule is CCCn1ccc(C(C)=O)c1. The number of carbonyl (C=O) groups is 1. The molecule has 0 radical (unpaired) electrons. The number of nitrogens with zero attached hydrogens (tertiary/aromatic N) is 1. The molecule has 1 aromatic heterocycles. The van der Waals surface area contributed by atoms with Gasteiger partial charge >= 0.3 is 0 Å². The fourth-order valence-corrected chi connectivity index (χ4v) is 1.05. The highest BCUT2D eigenvalue weighted by molar-refractivity contribution is 5.93. The van der Waals surface area contributed by atoms with Crippen molar-refractivity contribution in [2.75, 3.05) is 0 Å². The molecular formula is C9H13NO. The largest absolute Gasteiger partial charge is 0.354 e. The Bertz CT molecular complexity index is 250. The summed E-state index contributed by atoms with van der Waals surface area (Å²) in [6, 6.07) is 1.86. The van der Waals surface area contributed by atoms with E-state index in [4.69, 9.17) is 0 Å². The van der Waals surface area contributed by atoms with Gasteiger partial charge in [-0.15, -0.1) is 0 Å². The molecule has 1 rings (SSSR count). The molecule has 1 aromatic rings. The molecule has 0 unspecified atom stereocenters. The first-order chi connectivity index (χ1) is 5.24. The second-order valence-electron chi connectivity index (χ2n) is 2.69. The van der Waals surface area contributed by atoms with Gasteiger partial charge in [0.25, 0.3) is 0 Å². The quantitative estimate of drug-likeness (QED) is 0.606. The maximum atomic E-state index is 10.8. The van der Waals surface area contributed by atoms with Gasteiger partial charge in [-0.05, 0) is 19.4 Å². The molecule has 60 valence electrons. The van der Waals surface area contributed by atoms with Gasteiger partial charge in [-0.2, -0.15) is 0 Å². The van der Waals surface area contributed by atoms with E-state index >= 15 is 0 Å². The predicted octanol–water partition coefficient (Wildman–Crippen LogP) is 2.10. The highest BCUT2D eigenvalue weighted by atomic mass is 16.1. The standard InChI is InChI=1S/C9H13NO/c1-3-5-10-6-4-9(7-10)8(2)11/h4,6-7H,3,5H2,1-2H3. The Morgan fingerprint density at radius 1 is 1.64 bits per heavy atom. The Hall–Kier alpha value is -1.05. The van der Waals surface area contributed by atoms with Crippen molar-refractivity contribution in [3.8, 4) is 0 Å². The molecule has 0 aliphatic rings. The molecule has 0 fully saturated rings. The Labute approximate surface area is 66.8 Å². The van der Waals surface area contributed by atoms with Crippen LogP contribution >= 0.6 is 0 Å². The summed E-state index contributed by atoms with van der Waals surface area (Å²) in [5.74, 6) is 0.139. The van der Waals surface area contributed by atoms with E-state index in [1.807, 2.05) is 23.0 Å². The summed E-state index contributed by atoms with van der Waals surface area (Å²) in [6.07, 6.45) is 4.94. The van der Waals surface area contributed by atoms with Gasteiger partial charge in [-0.25, -0.2) is 0 Å². The van der Waals surface area contributed by atoms with E-state index in [0.717, 1.165) is 18.5 Å². The van der Waals surface area contributed by atoms with Crippen LogP contribution in [-0.2, 0) is 6.54 Å². The predicted molar refractivity (Wildman–Crippen MR) is 44.7 cm³/mol. The van der Waals surface area contributed by atoms with Crippen molar-refractivity contribution >= 4 is 5.78 Å². The summed E-state index contributed by atoms with van der Waals surface area (Å²) in [6.45, 7) is 4.70. The molecule has 0 spiro atoms. The molecular weight excluding hydrogens is 138 g/mol. The summed E-state index contributed by atoms with van der Waals surface area (Å²) < 4.78 is 2.04. The molecule has 1 heterocycles. The summed E-state index contributed by atoms with van der Waals surface area (Å²) in [5, 5.41) is 0. The summed E-state index contributed by atoms with van der Waals surface area (Å²) >= 11 is 0. The van der Waals surface area contributed by atoms with Crippen molar-refractivity contribution < 1.29 is 4.79 Å². The smallest absolute Gasteiger partial charge is 0.161 e. The number of hydrogen-bond acceptors (Lipinski definition) is 1. The number of rotatable bonds is 3. The minimum atomic E-state index is 0.139. The van der Waals surface area contributed by atoms with Gasteiger partial charge in [0.15, 0.2) is 5.78 Å². The van der Waals surface area contributed by atoms with E-state index in [0.29, 0.717) is 0 Å². The minimum Gasteiger partial charge on any atom is -0.354 e. The first kappa shape index (κ1) is 8.05. The number of aromatic nitrogens is 1. The van der Waals surface area contributed by atoms with E-state index in [2.05, 4.69) is 6.92 Å². The zero-order valence-corrected chi connectivity index (χ0v) is 7.00. The maximum absolute atomic E-state index is 10.8. The fraction of sp³-hybridized carbons (Fsp3) is 0.444. The maximum Gasteiger partial charge on any atom is 0.161 e. The molecule has 0 amide bonds. The highest BCUT2D eigenvalue weighted by Gasteiger charge is 1.99. The Balaban J connectivity index is 2.73. The minimum absolute atomic E-state index is 0.139. The fourth-order valence-electron chi connectivity index (χ4n) is 1.05. The third-order valence-corrected chi connectivity index (χ3v) is 1.64. The van der Waals surface area contributed by atoms with Gasteiger partial charge in [-0.1, -0.05) is 6.92 Å².